The van der Waals surface area contributed by atoms with Crippen LogP contribution in [0.4, 0.5) is 0 Å². The molecule has 0 aromatic heterocycles. The average Bonchev–Trinajstić information content (AvgIpc) is 2.92. The van der Waals surface area contributed by atoms with Gasteiger partial charge in [-0.25, -0.2) is 0 Å². The molecule has 1 aromatic carbocycles. The molecule has 2 fully saturated rings. The van der Waals surface area contributed by atoms with E-state index in [9.17, 15) is 0 Å². The van der Waals surface area contributed by atoms with Gasteiger partial charge in [0.15, 0.2) is 0 Å². The van der Waals surface area contributed by atoms with E-state index >= 15 is 0 Å². The maximum atomic E-state index is 5.99. The third kappa shape index (κ3) is 3.23. The van der Waals surface area contributed by atoms with E-state index in [1.165, 1.54) is 12.0 Å². The van der Waals surface area contributed by atoms with Gasteiger partial charge in [-0.05, 0) is 37.5 Å². The van der Waals surface area contributed by atoms with Gasteiger partial charge in [0.1, 0.15) is 5.75 Å². The summed E-state index contributed by atoms with van der Waals surface area (Å²) < 4.78 is 17.1. The van der Waals surface area contributed by atoms with Crippen molar-refractivity contribution in [1.29, 1.82) is 0 Å². The Bertz CT molecular complexity index is 465. The zero-order valence-electron chi connectivity index (χ0n) is 13.0. The van der Waals surface area contributed by atoms with Crippen LogP contribution in [0.3, 0.4) is 0 Å². The molecule has 116 valence electrons. The Morgan fingerprint density at radius 3 is 3.05 bits per heavy atom. The predicted molar refractivity (Wildman–Crippen MR) is 81.6 cm³/mol. The van der Waals surface area contributed by atoms with E-state index < -0.39 is 0 Å². The number of hydrogen-bond acceptors (Lipinski definition) is 4. The second kappa shape index (κ2) is 6.77. The Kier molecular flexibility index (Phi) is 4.78. The van der Waals surface area contributed by atoms with Crippen LogP contribution in [0, 0.1) is 0 Å². The summed E-state index contributed by atoms with van der Waals surface area (Å²) in [6.45, 7) is 5.59. The molecule has 1 heterocycles. The highest BCUT2D eigenvalue weighted by Crippen LogP contribution is 2.33. The quantitative estimate of drug-likeness (QED) is 0.834. The van der Waals surface area contributed by atoms with Crippen LogP contribution in [0.5, 0.6) is 5.75 Å². The minimum absolute atomic E-state index is 0.240. The van der Waals surface area contributed by atoms with Crippen LogP contribution >= 0.6 is 0 Å². The number of rotatable bonds is 5. The summed E-state index contributed by atoms with van der Waals surface area (Å²) in [5, 5.41) is 0. The summed E-state index contributed by atoms with van der Waals surface area (Å²) in [5.74, 6) is 0.927. The molecular formula is C17H25NO3. The molecule has 0 N–H and O–H groups in total. The number of nitrogens with zero attached hydrogens (tertiary/aromatic N) is 1. The third-order valence-corrected chi connectivity index (χ3v) is 4.55. The molecule has 1 aliphatic carbocycles. The van der Waals surface area contributed by atoms with Crippen molar-refractivity contribution in [2.24, 2.45) is 0 Å². The molecule has 21 heavy (non-hydrogen) atoms. The predicted octanol–water partition coefficient (Wildman–Crippen LogP) is 2.46. The zero-order valence-corrected chi connectivity index (χ0v) is 13.0. The average molecular weight is 291 g/mol. The number of fused-ring (bicyclic) bond motifs is 1. The smallest absolute Gasteiger partial charge is 0.119 e. The normalized spacial score (nSPS) is 29.3. The Morgan fingerprint density at radius 1 is 1.33 bits per heavy atom. The lowest BCUT2D eigenvalue weighted by Gasteiger charge is -2.39. The summed E-state index contributed by atoms with van der Waals surface area (Å²) in [5.41, 5.74) is 1.30. The molecule has 1 aromatic rings. The van der Waals surface area contributed by atoms with Crippen LogP contribution in [0.2, 0.25) is 0 Å². The van der Waals surface area contributed by atoms with Gasteiger partial charge in [0, 0.05) is 25.7 Å². The lowest BCUT2D eigenvalue weighted by Crippen LogP contribution is -2.51. The molecule has 1 saturated heterocycles. The Balaban J connectivity index is 1.68. The Hall–Kier alpha value is -1.10. The lowest BCUT2D eigenvalue weighted by molar-refractivity contribution is -0.113. The summed E-state index contributed by atoms with van der Waals surface area (Å²) in [7, 11) is 1.72. The SMILES string of the molecule is CCO[C@@H]1CC[C@H]2[C@H]1OCCN2Cc1cccc(OC)c1. The van der Waals surface area contributed by atoms with Crippen LogP contribution in [-0.2, 0) is 16.0 Å². The highest BCUT2D eigenvalue weighted by molar-refractivity contribution is 5.28. The number of hydrogen-bond donors (Lipinski definition) is 0. The van der Waals surface area contributed by atoms with E-state index in [1.54, 1.807) is 7.11 Å². The van der Waals surface area contributed by atoms with Crippen molar-refractivity contribution in [3.63, 3.8) is 0 Å². The second-order valence-electron chi connectivity index (χ2n) is 5.80. The Labute approximate surface area is 127 Å². The van der Waals surface area contributed by atoms with Crippen LogP contribution < -0.4 is 4.74 Å². The third-order valence-electron chi connectivity index (χ3n) is 4.55. The van der Waals surface area contributed by atoms with Crippen molar-refractivity contribution in [1.82, 2.24) is 4.90 Å². The van der Waals surface area contributed by atoms with Gasteiger partial charge in [-0.1, -0.05) is 12.1 Å². The summed E-state index contributed by atoms with van der Waals surface area (Å²) >= 11 is 0. The van der Waals surface area contributed by atoms with E-state index in [4.69, 9.17) is 14.2 Å². The minimum atomic E-state index is 0.240. The summed E-state index contributed by atoms with van der Waals surface area (Å²) in [6.07, 6.45) is 2.79. The fourth-order valence-corrected chi connectivity index (χ4v) is 3.59. The van der Waals surface area contributed by atoms with Crippen molar-refractivity contribution < 1.29 is 14.2 Å². The van der Waals surface area contributed by atoms with Crippen molar-refractivity contribution in [3.05, 3.63) is 29.8 Å². The molecule has 0 bridgehead atoms. The standard InChI is InChI=1S/C17H25NO3/c1-3-20-16-8-7-15-17(16)21-10-9-18(15)12-13-5-4-6-14(11-13)19-2/h4-6,11,15-17H,3,7-10,12H2,1-2H3/t15-,16+,17+/m0/s1. The lowest BCUT2D eigenvalue weighted by atomic mass is 10.1. The van der Waals surface area contributed by atoms with E-state index in [2.05, 4.69) is 30.0 Å². The summed E-state index contributed by atoms with van der Waals surface area (Å²) in [6, 6.07) is 8.83. The number of methoxy groups -OCH3 is 1. The molecule has 1 saturated carbocycles. The van der Waals surface area contributed by atoms with Gasteiger partial charge < -0.3 is 14.2 Å². The molecule has 2 aliphatic rings. The topological polar surface area (TPSA) is 30.9 Å². The Morgan fingerprint density at radius 2 is 2.24 bits per heavy atom. The maximum Gasteiger partial charge on any atom is 0.119 e. The van der Waals surface area contributed by atoms with Gasteiger partial charge >= 0.3 is 0 Å². The second-order valence-corrected chi connectivity index (χ2v) is 5.80. The van der Waals surface area contributed by atoms with Crippen LogP contribution in [0.15, 0.2) is 24.3 Å². The molecule has 0 unspecified atom stereocenters. The zero-order chi connectivity index (χ0) is 14.7. The fourth-order valence-electron chi connectivity index (χ4n) is 3.59. The van der Waals surface area contributed by atoms with Gasteiger partial charge in [0.25, 0.3) is 0 Å². The fraction of sp³-hybridized carbons (Fsp3) is 0.647. The maximum absolute atomic E-state index is 5.99. The monoisotopic (exact) mass is 291 g/mol. The van der Waals surface area contributed by atoms with Gasteiger partial charge in [-0.2, -0.15) is 0 Å². The number of morpholine rings is 1. The van der Waals surface area contributed by atoms with Crippen molar-refractivity contribution in [3.8, 4) is 5.75 Å². The van der Waals surface area contributed by atoms with E-state index in [0.29, 0.717) is 6.04 Å². The highest BCUT2D eigenvalue weighted by atomic mass is 16.5. The first kappa shape index (κ1) is 14.8. The van der Waals surface area contributed by atoms with Gasteiger partial charge in [-0.15, -0.1) is 0 Å². The van der Waals surface area contributed by atoms with E-state index in [-0.39, 0.29) is 12.2 Å². The first-order valence-electron chi connectivity index (χ1n) is 7.92. The number of ether oxygens (including phenoxy) is 3. The van der Waals surface area contributed by atoms with Gasteiger partial charge in [-0.3, -0.25) is 4.90 Å². The van der Waals surface area contributed by atoms with E-state index in [0.717, 1.165) is 38.5 Å². The molecule has 1 aliphatic heterocycles. The summed E-state index contributed by atoms with van der Waals surface area (Å²) in [4.78, 5) is 2.54. The molecule has 4 nitrogen and oxygen atoms in total. The van der Waals surface area contributed by atoms with Gasteiger partial charge in [0.05, 0.1) is 25.9 Å². The molecule has 3 rings (SSSR count). The van der Waals surface area contributed by atoms with Crippen molar-refractivity contribution >= 4 is 0 Å². The molecule has 0 spiro atoms. The van der Waals surface area contributed by atoms with Crippen LogP contribution in [-0.4, -0.2) is 50.0 Å². The van der Waals surface area contributed by atoms with Gasteiger partial charge in [0.2, 0.25) is 0 Å². The van der Waals surface area contributed by atoms with Crippen LogP contribution in [0.1, 0.15) is 25.3 Å². The largest absolute Gasteiger partial charge is 0.497 e. The molecule has 0 amide bonds. The van der Waals surface area contributed by atoms with Crippen LogP contribution in [0.25, 0.3) is 0 Å². The van der Waals surface area contributed by atoms with Crippen molar-refractivity contribution in [2.45, 2.75) is 44.6 Å². The van der Waals surface area contributed by atoms with E-state index in [1.807, 2.05) is 6.07 Å². The van der Waals surface area contributed by atoms with Crippen molar-refractivity contribution in [2.75, 3.05) is 26.9 Å². The first-order valence-corrected chi connectivity index (χ1v) is 7.92. The number of benzene rings is 1. The molecule has 3 atom stereocenters. The molecule has 0 radical (unpaired) electrons. The molecule has 4 heteroatoms. The first-order chi connectivity index (χ1) is 10.3. The molecular weight excluding hydrogens is 266 g/mol. The highest BCUT2D eigenvalue weighted by Gasteiger charge is 2.43. The minimum Gasteiger partial charge on any atom is -0.497 e.